The summed E-state index contributed by atoms with van der Waals surface area (Å²) >= 11 is 0. The molecule has 0 aliphatic rings. The average Bonchev–Trinajstić information content (AvgIpc) is 2.40. The molecular weight excluding hydrogens is 222 g/mol. The molecule has 0 unspecified atom stereocenters. The van der Waals surface area contributed by atoms with Crippen molar-refractivity contribution in [3.63, 3.8) is 0 Å². The van der Waals surface area contributed by atoms with Crippen LogP contribution in [0.15, 0.2) is 42.5 Å². The van der Waals surface area contributed by atoms with Gasteiger partial charge in [-0.25, -0.2) is 0 Å². The molecule has 0 spiro atoms. The SMILES string of the molecule is COc1ccc(-c2ccccc2C)cc1CCN. The van der Waals surface area contributed by atoms with E-state index in [1.807, 2.05) is 6.07 Å². The predicted octanol–water partition coefficient (Wildman–Crippen LogP) is 3.17. The topological polar surface area (TPSA) is 35.2 Å². The molecule has 2 rings (SSSR count). The molecule has 0 fully saturated rings. The van der Waals surface area contributed by atoms with Gasteiger partial charge in [0.25, 0.3) is 0 Å². The Morgan fingerprint density at radius 1 is 1.11 bits per heavy atom. The summed E-state index contributed by atoms with van der Waals surface area (Å²) in [4.78, 5) is 0. The van der Waals surface area contributed by atoms with Gasteiger partial charge in [-0.05, 0) is 54.3 Å². The highest BCUT2D eigenvalue weighted by Gasteiger charge is 2.06. The van der Waals surface area contributed by atoms with Gasteiger partial charge >= 0.3 is 0 Å². The molecular formula is C16H19NO. The van der Waals surface area contributed by atoms with Crippen LogP contribution in [0, 0.1) is 6.92 Å². The summed E-state index contributed by atoms with van der Waals surface area (Å²) in [5, 5.41) is 0. The van der Waals surface area contributed by atoms with Crippen LogP contribution in [0.5, 0.6) is 5.75 Å². The Balaban J connectivity index is 2.47. The minimum atomic E-state index is 0.633. The van der Waals surface area contributed by atoms with E-state index in [4.69, 9.17) is 10.5 Å². The highest BCUT2D eigenvalue weighted by atomic mass is 16.5. The molecule has 2 aromatic carbocycles. The Labute approximate surface area is 108 Å². The molecule has 0 atom stereocenters. The first-order chi connectivity index (χ1) is 8.76. The number of aryl methyl sites for hydroxylation is 1. The smallest absolute Gasteiger partial charge is 0.122 e. The summed E-state index contributed by atoms with van der Waals surface area (Å²) in [6, 6.07) is 14.7. The summed E-state index contributed by atoms with van der Waals surface area (Å²) in [5.74, 6) is 0.915. The van der Waals surface area contributed by atoms with Crippen molar-refractivity contribution in [3.8, 4) is 16.9 Å². The lowest BCUT2D eigenvalue weighted by Gasteiger charge is -2.11. The van der Waals surface area contributed by atoms with Gasteiger partial charge < -0.3 is 10.5 Å². The second-order valence-corrected chi connectivity index (χ2v) is 4.38. The Hall–Kier alpha value is -1.80. The molecule has 0 heterocycles. The molecule has 2 heteroatoms. The zero-order valence-electron chi connectivity index (χ0n) is 10.9. The average molecular weight is 241 g/mol. The van der Waals surface area contributed by atoms with Crippen molar-refractivity contribution in [2.75, 3.05) is 13.7 Å². The first-order valence-electron chi connectivity index (χ1n) is 6.19. The number of benzene rings is 2. The first-order valence-corrected chi connectivity index (χ1v) is 6.19. The van der Waals surface area contributed by atoms with Crippen molar-refractivity contribution in [1.29, 1.82) is 0 Å². The standard InChI is InChI=1S/C16H19NO/c1-12-5-3-4-6-15(12)13-7-8-16(18-2)14(11-13)9-10-17/h3-8,11H,9-10,17H2,1-2H3. The molecule has 18 heavy (non-hydrogen) atoms. The fourth-order valence-electron chi connectivity index (χ4n) is 2.19. The van der Waals surface area contributed by atoms with E-state index in [1.54, 1.807) is 7.11 Å². The van der Waals surface area contributed by atoms with Crippen molar-refractivity contribution in [2.24, 2.45) is 5.73 Å². The molecule has 0 saturated carbocycles. The fourth-order valence-corrected chi connectivity index (χ4v) is 2.19. The first kappa shape index (κ1) is 12.7. The fraction of sp³-hybridized carbons (Fsp3) is 0.250. The second kappa shape index (κ2) is 5.69. The van der Waals surface area contributed by atoms with Crippen LogP contribution in [0.3, 0.4) is 0 Å². The van der Waals surface area contributed by atoms with Crippen LogP contribution in [0.1, 0.15) is 11.1 Å². The summed E-state index contributed by atoms with van der Waals surface area (Å²) in [6.07, 6.45) is 0.836. The van der Waals surface area contributed by atoms with Crippen LogP contribution in [-0.4, -0.2) is 13.7 Å². The lowest BCUT2D eigenvalue weighted by molar-refractivity contribution is 0.410. The van der Waals surface area contributed by atoms with Crippen LogP contribution < -0.4 is 10.5 Å². The second-order valence-electron chi connectivity index (χ2n) is 4.38. The predicted molar refractivity (Wildman–Crippen MR) is 75.9 cm³/mol. The third-order valence-electron chi connectivity index (χ3n) is 3.15. The van der Waals surface area contributed by atoms with Crippen LogP contribution in [0.4, 0.5) is 0 Å². The maximum Gasteiger partial charge on any atom is 0.122 e. The zero-order valence-corrected chi connectivity index (χ0v) is 10.9. The van der Waals surface area contributed by atoms with E-state index in [1.165, 1.54) is 22.3 Å². The van der Waals surface area contributed by atoms with E-state index in [0.29, 0.717) is 6.54 Å². The Morgan fingerprint density at radius 2 is 1.89 bits per heavy atom. The van der Waals surface area contributed by atoms with Crippen LogP contribution >= 0.6 is 0 Å². The molecule has 2 aromatic rings. The number of nitrogens with two attached hydrogens (primary N) is 1. The van der Waals surface area contributed by atoms with Gasteiger partial charge in [0.2, 0.25) is 0 Å². The Kier molecular flexibility index (Phi) is 4.00. The van der Waals surface area contributed by atoms with E-state index < -0.39 is 0 Å². The van der Waals surface area contributed by atoms with Crippen LogP contribution in [-0.2, 0) is 6.42 Å². The van der Waals surface area contributed by atoms with E-state index in [-0.39, 0.29) is 0 Å². The van der Waals surface area contributed by atoms with Crippen molar-refractivity contribution < 1.29 is 4.74 Å². The number of hydrogen-bond acceptors (Lipinski definition) is 2. The Morgan fingerprint density at radius 3 is 2.56 bits per heavy atom. The monoisotopic (exact) mass is 241 g/mol. The number of ether oxygens (including phenoxy) is 1. The highest BCUT2D eigenvalue weighted by molar-refractivity contribution is 5.68. The highest BCUT2D eigenvalue weighted by Crippen LogP contribution is 2.28. The van der Waals surface area contributed by atoms with Gasteiger partial charge in [-0.1, -0.05) is 30.3 Å². The van der Waals surface area contributed by atoms with Gasteiger partial charge in [0.15, 0.2) is 0 Å². The number of methoxy groups -OCH3 is 1. The molecule has 0 radical (unpaired) electrons. The van der Waals surface area contributed by atoms with Gasteiger partial charge in [-0.3, -0.25) is 0 Å². The van der Waals surface area contributed by atoms with Crippen LogP contribution in [0.25, 0.3) is 11.1 Å². The third-order valence-corrected chi connectivity index (χ3v) is 3.15. The van der Waals surface area contributed by atoms with Gasteiger partial charge in [0.05, 0.1) is 7.11 Å². The summed E-state index contributed by atoms with van der Waals surface area (Å²) in [5.41, 5.74) is 10.6. The maximum atomic E-state index is 5.65. The molecule has 0 aliphatic heterocycles. The summed E-state index contributed by atoms with van der Waals surface area (Å²) in [7, 11) is 1.70. The zero-order chi connectivity index (χ0) is 13.0. The largest absolute Gasteiger partial charge is 0.496 e. The Bertz CT molecular complexity index is 534. The van der Waals surface area contributed by atoms with E-state index in [2.05, 4.69) is 43.3 Å². The normalized spacial score (nSPS) is 10.4. The summed E-state index contributed by atoms with van der Waals surface area (Å²) in [6.45, 7) is 2.76. The van der Waals surface area contributed by atoms with E-state index in [9.17, 15) is 0 Å². The van der Waals surface area contributed by atoms with Crippen molar-refractivity contribution in [3.05, 3.63) is 53.6 Å². The molecule has 0 bridgehead atoms. The molecule has 0 aliphatic carbocycles. The van der Waals surface area contributed by atoms with Gasteiger partial charge in [0, 0.05) is 0 Å². The molecule has 94 valence electrons. The van der Waals surface area contributed by atoms with Gasteiger partial charge in [-0.15, -0.1) is 0 Å². The van der Waals surface area contributed by atoms with Crippen molar-refractivity contribution in [1.82, 2.24) is 0 Å². The minimum Gasteiger partial charge on any atom is -0.496 e. The molecule has 0 saturated heterocycles. The minimum absolute atomic E-state index is 0.633. The third kappa shape index (κ3) is 2.54. The lowest BCUT2D eigenvalue weighted by Crippen LogP contribution is -2.04. The number of rotatable bonds is 4. The molecule has 2 nitrogen and oxygen atoms in total. The number of hydrogen-bond donors (Lipinski definition) is 1. The van der Waals surface area contributed by atoms with Crippen LogP contribution in [0.2, 0.25) is 0 Å². The van der Waals surface area contributed by atoms with Gasteiger partial charge in [-0.2, -0.15) is 0 Å². The summed E-state index contributed by atoms with van der Waals surface area (Å²) < 4.78 is 5.36. The molecule has 2 N–H and O–H groups in total. The van der Waals surface area contributed by atoms with Crippen molar-refractivity contribution in [2.45, 2.75) is 13.3 Å². The lowest BCUT2D eigenvalue weighted by atomic mass is 9.97. The van der Waals surface area contributed by atoms with Crippen molar-refractivity contribution >= 4 is 0 Å². The van der Waals surface area contributed by atoms with E-state index in [0.717, 1.165) is 12.2 Å². The maximum absolute atomic E-state index is 5.65. The molecule has 0 aromatic heterocycles. The van der Waals surface area contributed by atoms with Gasteiger partial charge in [0.1, 0.15) is 5.75 Å². The van der Waals surface area contributed by atoms with E-state index >= 15 is 0 Å². The quantitative estimate of drug-likeness (QED) is 0.892. The molecule has 0 amide bonds.